The van der Waals surface area contributed by atoms with Crippen molar-refractivity contribution in [3.63, 3.8) is 0 Å². The first-order chi connectivity index (χ1) is 5.81. The van der Waals surface area contributed by atoms with Gasteiger partial charge in [0.05, 0.1) is 13.0 Å². The van der Waals surface area contributed by atoms with E-state index in [2.05, 4.69) is 5.43 Å². The Kier molecular flexibility index (Phi) is 3.19. The number of benzene rings is 1. The second kappa shape index (κ2) is 4.18. The first kappa shape index (κ1) is 9.16. The van der Waals surface area contributed by atoms with Gasteiger partial charge in [-0.1, -0.05) is 0 Å². The van der Waals surface area contributed by atoms with Crippen LogP contribution in [0.4, 0.5) is 5.69 Å². The molecule has 3 N–H and O–H groups in total. The third kappa shape index (κ3) is 1.81. The summed E-state index contributed by atoms with van der Waals surface area (Å²) >= 11 is 5.69. The van der Waals surface area contributed by atoms with E-state index in [4.69, 9.17) is 22.2 Å². The van der Waals surface area contributed by atoms with Crippen molar-refractivity contribution in [3.8, 4) is 5.75 Å². The number of alkyl halides is 1. The van der Waals surface area contributed by atoms with Crippen LogP contribution < -0.4 is 16.0 Å². The van der Waals surface area contributed by atoms with Crippen molar-refractivity contribution in [1.29, 1.82) is 0 Å². The molecule has 1 rings (SSSR count). The van der Waals surface area contributed by atoms with Crippen LogP contribution in [0.25, 0.3) is 0 Å². The van der Waals surface area contributed by atoms with Crippen LogP contribution in [0.3, 0.4) is 0 Å². The predicted octanol–water partition coefficient (Wildman–Crippen LogP) is 1.72. The van der Waals surface area contributed by atoms with E-state index >= 15 is 0 Å². The van der Waals surface area contributed by atoms with E-state index in [-0.39, 0.29) is 0 Å². The fourth-order valence-electron chi connectivity index (χ4n) is 0.973. The molecule has 0 heterocycles. The summed E-state index contributed by atoms with van der Waals surface area (Å²) < 4.78 is 5.08. The minimum absolute atomic E-state index is 0.415. The molecule has 0 saturated carbocycles. The van der Waals surface area contributed by atoms with Crippen LogP contribution in [0.2, 0.25) is 0 Å². The lowest BCUT2D eigenvalue weighted by Crippen LogP contribution is -2.06. The van der Waals surface area contributed by atoms with E-state index in [1.807, 2.05) is 18.2 Å². The Balaban J connectivity index is 3.02. The summed E-state index contributed by atoms with van der Waals surface area (Å²) in [4.78, 5) is 0. The summed E-state index contributed by atoms with van der Waals surface area (Å²) in [6.45, 7) is 0. The Morgan fingerprint density at radius 3 is 2.83 bits per heavy atom. The van der Waals surface area contributed by atoms with Gasteiger partial charge in [-0.05, 0) is 18.2 Å². The zero-order chi connectivity index (χ0) is 8.97. The lowest BCUT2D eigenvalue weighted by molar-refractivity contribution is 0.411. The summed E-state index contributed by atoms with van der Waals surface area (Å²) in [6, 6.07) is 5.51. The second-order valence-corrected chi connectivity index (χ2v) is 2.57. The molecule has 0 fully saturated rings. The third-order valence-electron chi connectivity index (χ3n) is 1.59. The molecular weight excluding hydrogens is 176 g/mol. The topological polar surface area (TPSA) is 47.3 Å². The highest BCUT2D eigenvalue weighted by molar-refractivity contribution is 6.17. The van der Waals surface area contributed by atoms with Gasteiger partial charge in [0.25, 0.3) is 0 Å². The number of hydrazine groups is 1. The highest BCUT2D eigenvalue weighted by Gasteiger charge is 2.01. The number of hydrogen-bond acceptors (Lipinski definition) is 3. The zero-order valence-corrected chi connectivity index (χ0v) is 7.56. The quantitative estimate of drug-likeness (QED) is 0.429. The van der Waals surface area contributed by atoms with Crippen LogP contribution in [-0.2, 0) is 5.88 Å². The maximum absolute atomic E-state index is 5.69. The van der Waals surface area contributed by atoms with Crippen molar-refractivity contribution in [3.05, 3.63) is 23.8 Å². The van der Waals surface area contributed by atoms with Crippen molar-refractivity contribution in [2.24, 2.45) is 5.84 Å². The van der Waals surface area contributed by atoms with Crippen molar-refractivity contribution in [1.82, 2.24) is 0 Å². The number of ether oxygens (including phenoxy) is 1. The molecule has 0 saturated heterocycles. The van der Waals surface area contributed by atoms with Crippen LogP contribution in [0.5, 0.6) is 5.75 Å². The smallest absolute Gasteiger partial charge is 0.123 e. The number of methoxy groups -OCH3 is 1. The zero-order valence-electron chi connectivity index (χ0n) is 6.80. The average molecular weight is 187 g/mol. The summed E-state index contributed by atoms with van der Waals surface area (Å²) in [7, 11) is 1.61. The lowest BCUT2D eigenvalue weighted by Gasteiger charge is -2.07. The van der Waals surface area contributed by atoms with Crippen molar-refractivity contribution < 1.29 is 4.74 Å². The van der Waals surface area contributed by atoms with Gasteiger partial charge in [-0.15, -0.1) is 11.6 Å². The van der Waals surface area contributed by atoms with Crippen LogP contribution in [0, 0.1) is 0 Å². The maximum atomic E-state index is 5.69. The van der Waals surface area contributed by atoms with Gasteiger partial charge < -0.3 is 10.2 Å². The Hall–Kier alpha value is -0.930. The Labute approximate surface area is 76.4 Å². The molecule has 1 aromatic carbocycles. The minimum Gasteiger partial charge on any atom is -0.496 e. The molecule has 0 aliphatic carbocycles. The van der Waals surface area contributed by atoms with Crippen molar-refractivity contribution >= 4 is 17.3 Å². The molecular formula is C8H11ClN2O. The summed E-state index contributed by atoms with van der Waals surface area (Å²) in [5.41, 5.74) is 4.29. The molecule has 0 atom stereocenters. The Morgan fingerprint density at radius 1 is 1.58 bits per heavy atom. The second-order valence-electron chi connectivity index (χ2n) is 2.30. The highest BCUT2D eigenvalue weighted by Crippen LogP contribution is 2.23. The highest BCUT2D eigenvalue weighted by atomic mass is 35.5. The van der Waals surface area contributed by atoms with E-state index < -0.39 is 0 Å². The number of anilines is 1. The molecule has 0 aliphatic heterocycles. The van der Waals surface area contributed by atoms with E-state index in [0.29, 0.717) is 5.88 Å². The number of rotatable bonds is 3. The molecule has 12 heavy (non-hydrogen) atoms. The van der Waals surface area contributed by atoms with Crippen LogP contribution >= 0.6 is 11.6 Å². The van der Waals surface area contributed by atoms with Gasteiger partial charge in [0.2, 0.25) is 0 Å². The molecule has 0 aromatic heterocycles. The van der Waals surface area contributed by atoms with Gasteiger partial charge in [-0.2, -0.15) is 0 Å². The molecule has 0 radical (unpaired) electrons. The number of nitrogen functional groups attached to an aromatic ring is 1. The standard InChI is InChI=1S/C8H11ClN2O/c1-12-8-3-2-7(11-10)4-6(8)5-9/h2-4,11H,5,10H2,1H3. The summed E-state index contributed by atoms with van der Waals surface area (Å²) in [5.74, 6) is 6.43. The molecule has 0 spiro atoms. The summed E-state index contributed by atoms with van der Waals surface area (Å²) in [6.07, 6.45) is 0. The van der Waals surface area contributed by atoms with Crippen LogP contribution in [0.15, 0.2) is 18.2 Å². The Morgan fingerprint density at radius 2 is 2.33 bits per heavy atom. The van der Waals surface area contributed by atoms with E-state index in [0.717, 1.165) is 17.0 Å². The van der Waals surface area contributed by atoms with Gasteiger partial charge in [-0.3, -0.25) is 5.84 Å². The number of hydrogen-bond donors (Lipinski definition) is 2. The molecule has 0 bridgehead atoms. The normalized spacial score (nSPS) is 9.58. The van der Waals surface area contributed by atoms with Gasteiger partial charge in [0, 0.05) is 11.3 Å². The average Bonchev–Trinajstić information content (AvgIpc) is 2.16. The molecule has 0 aliphatic rings. The fourth-order valence-corrected chi connectivity index (χ4v) is 1.18. The van der Waals surface area contributed by atoms with E-state index in [9.17, 15) is 0 Å². The first-order valence-corrected chi connectivity index (χ1v) is 4.04. The van der Waals surface area contributed by atoms with Crippen LogP contribution in [0.1, 0.15) is 5.56 Å². The molecule has 1 aromatic rings. The largest absolute Gasteiger partial charge is 0.496 e. The van der Waals surface area contributed by atoms with Gasteiger partial charge in [-0.25, -0.2) is 0 Å². The van der Waals surface area contributed by atoms with E-state index in [1.165, 1.54) is 0 Å². The number of nitrogens with one attached hydrogen (secondary N) is 1. The van der Waals surface area contributed by atoms with E-state index in [1.54, 1.807) is 7.11 Å². The molecule has 66 valence electrons. The van der Waals surface area contributed by atoms with Gasteiger partial charge in [0.15, 0.2) is 0 Å². The fraction of sp³-hybridized carbons (Fsp3) is 0.250. The Bertz CT molecular complexity index is 265. The van der Waals surface area contributed by atoms with Gasteiger partial charge >= 0.3 is 0 Å². The van der Waals surface area contributed by atoms with Crippen LogP contribution in [-0.4, -0.2) is 7.11 Å². The monoisotopic (exact) mass is 186 g/mol. The molecule has 0 unspecified atom stereocenters. The lowest BCUT2D eigenvalue weighted by atomic mass is 10.2. The number of halogens is 1. The molecule has 4 heteroatoms. The number of nitrogens with two attached hydrogens (primary N) is 1. The first-order valence-electron chi connectivity index (χ1n) is 3.51. The third-order valence-corrected chi connectivity index (χ3v) is 1.88. The van der Waals surface area contributed by atoms with Gasteiger partial charge in [0.1, 0.15) is 5.75 Å². The minimum atomic E-state index is 0.415. The summed E-state index contributed by atoms with van der Waals surface area (Å²) in [5, 5.41) is 0. The van der Waals surface area contributed by atoms with Crippen molar-refractivity contribution in [2.45, 2.75) is 5.88 Å². The van der Waals surface area contributed by atoms with Crippen molar-refractivity contribution in [2.75, 3.05) is 12.5 Å². The predicted molar refractivity (Wildman–Crippen MR) is 50.4 cm³/mol. The SMILES string of the molecule is COc1ccc(NN)cc1CCl. The molecule has 0 amide bonds. The molecule has 3 nitrogen and oxygen atoms in total. The maximum Gasteiger partial charge on any atom is 0.123 e.